The number of hydrogen-bond donors (Lipinski definition) is 0. The van der Waals surface area contributed by atoms with Gasteiger partial charge in [-0.3, -0.25) is 14.4 Å². The van der Waals surface area contributed by atoms with Gasteiger partial charge in [0.25, 0.3) is 5.43 Å². The number of benzene rings is 1. The Bertz CT molecular complexity index is 540. The van der Waals surface area contributed by atoms with Crippen LogP contribution in [0.2, 0.25) is 0 Å². The standard InChI is InChI=1S/C9H4O3.3ClH.Fe/c10-7-5-3-1-2-4-6(5)8(11)9(7)12;;;;/h1-4H;3*1H;/q;;;;+3/p-3. The molecule has 0 saturated heterocycles. The van der Waals surface area contributed by atoms with E-state index in [0.29, 0.717) is 0 Å². The maximum Gasteiger partial charge on any atom is 3.00 e. The van der Waals surface area contributed by atoms with Gasteiger partial charge in [-0.25, -0.2) is 0 Å². The average molecular weight is 322 g/mol. The van der Waals surface area contributed by atoms with Gasteiger partial charge in [0.1, 0.15) is 0 Å². The van der Waals surface area contributed by atoms with Crippen LogP contribution in [0.15, 0.2) is 38.6 Å². The Balaban J connectivity index is -0.000000422. The van der Waals surface area contributed by atoms with Crippen molar-refractivity contribution in [1.29, 1.82) is 0 Å². The Morgan fingerprint density at radius 1 is 0.625 bits per heavy atom. The maximum absolute atomic E-state index is 11.0. The molecule has 0 aliphatic heterocycles. The van der Waals surface area contributed by atoms with Gasteiger partial charge in [0.05, 0.1) is 0 Å². The van der Waals surface area contributed by atoms with Crippen molar-refractivity contribution >= 4 is 10.8 Å². The van der Waals surface area contributed by atoms with E-state index in [1.807, 2.05) is 0 Å². The van der Waals surface area contributed by atoms with Crippen LogP contribution >= 0.6 is 0 Å². The van der Waals surface area contributed by atoms with Gasteiger partial charge >= 0.3 is 17.1 Å². The van der Waals surface area contributed by atoms with Gasteiger partial charge in [-0.1, -0.05) is 24.3 Å². The van der Waals surface area contributed by atoms with Crippen molar-refractivity contribution in [3.63, 3.8) is 0 Å². The molecule has 0 aliphatic rings. The number of halogens is 3. The van der Waals surface area contributed by atoms with Gasteiger partial charge in [0, 0.05) is 10.8 Å². The van der Waals surface area contributed by atoms with E-state index in [0.717, 1.165) is 0 Å². The van der Waals surface area contributed by atoms with E-state index < -0.39 is 16.3 Å². The third-order valence-corrected chi connectivity index (χ3v) is 1.83. The minimum atomic E-state index is -0.920. The van der Waals surface area contributed by atoms with Crippen LogP contribution in [0.25, 0.3) is 10.8 Å². The van der Waals surface area contributed by atoms with E-state index in [9.17, 15) is 14.4 Å². The molecule has 0 heterocycles. The van der Waals surface area contributed by atoms with Crippen molar-refractivity contribution in [2.45, 2.75) is 0 Å². The molecule has 7 heteroatoms. The normalized spacial score (nSPS) is 8.00. The van der Waals surface area contributed by atoms with Crippen LogP contribution in [-0.2, 0) is 17.1 Å². The van der Waals surface area contributed by atoms with Crippen molar-refractivity contribution in [2.24, 2.45) is 0 Å². The van der Waals surface area contributed by atoms with Crippen LogP contribution in [0.3, 0.4) is 0 Å². The summed E-state index contributed by atoms with van der Waals surface area (Å²) in [6, 6.07) is 6.23. The fourth-order valence-electron chi connectivity index (χ4n) is 1.23. The summed E-state index contributed by atoms with van der Waals surface area (Å²) in [5, 5.41) is 0.458. The summed E-state index contributed by atoms with van der Waals surface area (Å²) in [5.41, 5.74) is -2.29. The smallest absolute Gasteiger partial charge is 1.00 e. The molecule has 0 spiro atoms. The topological polar surface area (TPSA) is 51.2 Å². The predicted molar refractivity (Wildman–Crippen MR) is 45.1 cm³/mol. The number of fused-ring (bicyclic) bond motifs is 1. The van der Waals surface area contributed by atoms with E-state index in [1.165, 1.54) is 12.1 Å². The van der Waals surface area contributed by atoms with Crippen LogP contribution in [0.5, 0.6) is 0 Å². The first-order valence-electron chi connectivity index (χ1n) is 3.44. The molecule has 2 aromatic carbocycles. The molecular weight excluding hydrogens is 318 g/mol. The van der Waals surface area contributed by atoms with Crippen LogP contribution < -0.4 is 53.5 Å². The molecule has 0 atom stereocenters. The zero-order valence-corrected chi connectivity index (χ0v) is 10.9. The van der Waals surface area contributed by atoms with Gasteiger partial charge in [-0.05, 0) is 0 Å². The molecule has 0 amide bonds. The molecule has 0 aromatic heterocycles. The summed E-state index contributed by atoms with van der Waals surface area (Å²) in [4.78, 5) is 32.9. The summed E-state index contributed by atoms with van der Waals surface area (Å²) in [6.45, 7) is 0. The number of hydrogen-bond acceptors (Lipinski definition) is 3. The second kappa shape index (κ2) is 7.82. The molecule has 16 heavy (non-hydrogen) atoms. The summed E-state index contributed by atoms with van der Waals surface area (Å²) >= 11 is 0. The number of rotatable bonds is 0. The van der Waals surface area contributed by atoms with Crippen molar-refractivity contribution in [3.05, 3.63) is 54.9 Å². The minimum absolute atomic E-state index is 0. The fourth-order valence-corrected chi connectivity index (χ4v) is 1.23. The summed E-state index contributed by atoms with van der Waals surface area (Å²) in [5.74, 6) is 0. The molecule has 2 aromatic rings. The zero-order chi connectivity index (χ0) is 8.72. The van der Waals surface area contributed by atoms with Crippen LogP contribution in [-0.4, -0.2) is 0 Å². The fraction of sp³-hybridized carbons (Fsp3) is 0. The van der Waals surface area contributed by atoms with E-state index in [2.05, 4.69) is 0 Å². The largest absolute Gasteiger partial charge is 3.00 e. The van der Waals surface area contributed by atoms with E-state index in [-0.39, 0.29) is 65.1 Å². The summed E-state index contributed by atoms with van der Waals surface area (Å²) in [7, 11) is 0. The molecule has 0 saturated carbocycles. The second-order valence-corrected chi connectivity index (χ2v) is 2.53. The molecule has 87 valence electrons. The average Bonchev–Trinajstić information content (AvgIpc) is 2.33. The first kappa shape index (κ1) is 21.0. The quantitative estimate of drug-likeness (QED) is 0.358. The van der Waals surface area contributed by atoms with Crippen LogP contribution in [0.1, 0.15) is 0 Å². The van der Waals surface area contributed by atoms with E-state index >= 15 is 0 Å². The van der Waals surface area contributed by atoms with Gasteiger partial charge in [-0.15, -0.1) is 0 Å². The first-order chi connectivity index (χ1) is 5.72. The van der Waals surface area contributed by atoms with Gasteiger partial charge in [-0.2, -0.15) is 0 Å². The van der Waals surface area contributed by atoms with Crippen molar-refractivity contribution < 1.29 is 54.3 Å². The van der Waals surface area contributed by atoms with Gasteiger partial charge in [0.2, 0.25) is 10.9 Å². The third kappa shape index (κ3) is 3.06. The molecular formula is C9H4Cl3FeO3. The Morgan fingerprint density at radius 2 is 0.938 bits per heavy atom. The Labute approximate surface area is 120 Å². The SMILES string of the molecule is O=c1c(=O)c2ccccc2c1=O.[Cl-].[Cl-].[Cl-].[Fe+3]. The molecule has 3 nitrogen and oxygen atoms in total. The Hall–Kier alpha value is -0.381. The van der Waals surface area contributed by atoms with Gasteiger partial charge < -0.3 is 37.2 Å². The maximum atomic E-state index is 11.0. The first-order valence-corrected chi connectivity index (χ1v) is 3.44. The third-order valence-electron chi connectivity index (χ3n) is 1.83. The molecule has 0 fully saturated rings. The van der Waals surface area contributed by atoms with E-state index in [4.69, 9.17) is 0 Å². The minimum Gasteiger partial charge on any atom is -1.00 e. The molecule has 0 N–H and O–H groups in total. The Morgan fingerprint density at radius 3 is 1.25 bits per heavy atom. The zero-order valence-electron chi connectivity index (χ0n) is 7.52. The molecule has 0 unspecified atom stereocenters. The molecule has 0 aliphatic carbocycles. The molecule has 2 rings (SSSR count). The van der Waals surface area contributed by atoms with Crippen LogP contribution in [0, 0.1) is 0 Å². The summed E-state index contributed by atoms with van der Waals surface area (Å²) in [6.07, 6.45) is 0. The van der Waals surface area contributed by atoms with Gasteiger partial charge in [0.15, 0.2) is 0 Å². The van der Waals surface area contributed by atoms with Crippen molar-refractivity contribution in [1.82, 2.24) is 0 Å². The Kier molecular flexibility index (Phi) is 10.2. The second-order valence-electron chi connectivity index (χ2n) is 2.53. The monoisotopic (exact) mass is 321 g/mol. The predicted octanol–water partition coefficient (Wildman–Crippen LogP) is -9.19. The van der Waals surface area contributed by atoms with Crippen molar-refractivity contribution in [2.75, 3.05) is 0 Å². The molecule has 1 radical (unpaired) electrons. The molecule has 0 bridgehead atoms. The van der Waals surface area contributed by atoms with E-state index in [1.54, 1.807) is 12.1 Å². The van der Waals surface area contributed by atoms with Crippen molar-refractivity contribution in [3.8, 4) is 0 Å². The van der Waals surface area contributed by atoms with Crippen LogP contribution in [0.4, 0.5) is 0 Å². The summed E-state index contributed by atoms with van der Waals surface area (Å²) < 4.78 is 0.